The van der Waals surface area contributed by atoms with E-state index in [1.165, 1.54) is 109 Å². The van der Waals surface area contributed by atoms with E-state index in [0.29, 0.717) is 17.5 Å². The van der Waals surface area contributed by atoms with Crippen molar-refractivity contribution in [1.29, 1.82) is 0 Å². The van der Waals surface area contributed by atoms with Crippen LogP contribution >= 0.6 is 0 Å². The Morgan fingerprint density at radius 2 is 0.918 bits per heavy atom. The minimum atomic E-state index is 0.635. The lowest BCUT2D eigenvalue weighted by molar-refractivity contribution is 0.669. The first-order valence-corrected chi connectivity index (χ1v) is 21.5. The van der Waals surface area contributed by atoms with Crippen molar-refractivity contribution in [1.82, 2.24) is 15.0 Å². The maximum atomic E-state index is 6.67. The zero-order valence-corrected chi connectivity index (χ0v) is 37.4. The summed E-state index contributed by atoms with van der Waals surface area (Å²) in [6, 6.07) is 32.7. The van der Waals surface area contributed by atoms with Crippen molar-refractivity contribution >= 4 is 214 Å². The number of benzene rings is 8. The van der Waals surface area contributed by atoms with Gasteiger partial charge in [-0.25, -0.2) is 15.0 Å². The third-order valence-corrected chi connectivity index (χ3v) is 14.2. The molecule has 0 saturated carbocycles. The SMILES string of the molecule is Bc1cc2c(cc1B)c1c(B)c(B)cc(B)c1c1c(B)c(-c3cccc4oc5ccc(-c6nc(-c7ccccc7)nc(-c7c(B)c(B)c(B)c(B)c7B)n6)cc5c34)c(B)cc21. The second kappa shape index (κ2) is 14.4. The van der Waals surface area contributed by atoms with Crippen LogP contribution in [0.25, 0.3) is 99.5 Å². The Morgan fingerprint density at radius 1 is 0.328 bits per heavy atom. The molecule has 61 heavy (non-hydrogen) atoms. The fourth-order valence-electron chi connectivity index (χ4n) is 10.3. The second-order valence-corrected chi connectivity index (χ2v) is 17.6. The van der Waals surface area contributed by atoms with Crippen LogP contribution in [0.3, 0.4) is 0 Å². The van der Waals surface area contributed by atoms with Crippen molar-refractivity contribution in [2.45, 2.75) is 0 Å². The lowest BCUT2D eigenvalue weighted by atomic mass is 9.60. The van der Waals surface area contributed by atoms with E-state index in [-0.39, 0.29) is 0 Å². The van der Waals surface area contributed by atoms with Gasteiger partial charge in [-0.3, -0.25) is 0 Å². The van der Waals surface area contributed by atoms with Crippen LogP contribution < -0.4 is 65.6 Å². The van der Waals surface area contributed by atoms with E-state index in [1.54, 1.807) is 0 Å². The van der Waals surface area contributed by atoms with E-state index in [2.05, 4.69) is 167 Å². The zero-order valence-electron chi connectivity index (χ0n) is 37.4. The molecule has 276 valence electrons. The average molecular weight is 768 g/mol. The van der Waals surface area contributed by atoms with Gasteiger partial charge in [-0.05, 0) is 67.7 Å². The fraction of sp³-hybridized carbons (Fsp3) is 0. The molecular weight excluding hydrogens is 728 g/mol. The molecule has 0 saturated heterocycles. The normalized spacial score (nSPS) is 11.7. The van der Waals surface area contributed by atoms with Gasteiger partial charge >= 0.3 is 0 Å². The molecule has 0 bridgehead atoms. The molecule has 0 radical (unpaired) electrons. The molecule has 0 aliphatic carbocycles. The van der Waals surface area contributed by atoms with Gasteiger partial charge in [0.1, 0.15) is 105 Å². The number of aromatic nitrogens is 3. The highest BCUT2D eigenvalue weighted by atomic mass is 16.3. The third kappa shape index (κ3) is 5.96. The number of hydrogen-bond donors (Lipinski definition) is 0. The van der Waals surface area contributed by atoms with Crippen molar-refractivity contribution < 1.29 is 4.42 Å². The highest BCUT2D eigenvalue weighted by Gasteiger charge is 2.23. The first kappa shape index (κ1) is 39.3. The zero-order chi connectivity index (χ0) is 42.8. The Bertz CT molecular complexity index is 3550. The highest BCUT2D eigenvalue weighted by Crippen LogP contribution is 2.39. The Hall–Kier alpha value is -5.87. The molecule has 0 aliphatic heterocycles. The van der Waals surface area contributed by atoms with Crippen molar-refractivity contribution in [3.05, 3.63) is 91.0 Å². The standard InChI is InChI=1S/C45H39B12N3O/c46-23-12-19-20(13-24(23)47)32-34(26(49)15-27(50)36(32)51)33-21(19)14-25(48)31(37(33)52)18-7-4-8-29-30(18)22-11-17(9-10-28(22)61-29)44-58-43(16-5-2-1-3-6-16)59-45(60-44)35-38(53)40(55)42(57)41(56)39(35)54/h1-15H,46-57H2. The predicted octanol–water partition coefficient (Wildman–Crippen LogP) is -9.00. The van der Waals surface area contributed by atoms with Crippen LogP contribution in [-0.2, 0) is 0 Å². The first-order chi connectivity index (χ1) is 29.2. The summed E-state index contributed by atoms with van der Waals surface area (Å²) in [7, 11) is 26.9. The largest absolute Gasteiger partial charge is 0.456 e. The Kier molecular flexibility index (Phi) is 9.25. The molecule has 0 amide bonds. The van der Waals surface area contributed by atoms with Crippen LogP contribution in [0.4, 0.5) is 0 Å². The van der Waals surface area contributed by atoms with Crippen LogP contribution in [0.5, 0.6) is 0 Å². The van der Waals surface area contributed by atoms with Crippen LogP contribution in [-0.4, -0.2) is 109 Å². The molecule has 0 atom stereocenters. The molecule has 2 aromatic heterocycles. The molecule has 0 fully saturated rings. The Morgan fingerprint density at radius 3 is 1.61 bits per heavy atom. The predicted molar refractivity (Wildman–Crippen MR) is 300 cm³/mol. The van der Waals surface area contributed by atoms with Gasteiger partial charge in [-0.15, -0.1) is 16.4 Å². The monoisotopic (exact) mass is 769 g/mol. The van der Waals surface area contributed by atoms with Crippen LogP contribution in [0.15, 0.2) is 95.4 Å². The van der Waals surface area contributed by atoms with Gasteiger partial charge in [-0.2, -0.15) is 0 Å². The van der Waals surface area contributed by atoms with Crippen LogP contribution in [0, 0.1) is 0 Å². The maximum Gasteiger partial charge on any atom is 0.164 e. The summed E-state index contributed by atoms with van der Waals surface area (Å²) in [5.41, 5.74) is 22.5. The van der Waals surface area contributed by atoms with Crippen molar-refractivity contribution in [3.63, 3.8) is 0 Å². The molecule has 2 heterocycles. The molecule has 0 aliphatic rings. The summed E-state index contributed by atoms with van der Waals surface area (Å²) in [6.45, 7) is 0. The summed E-state index contributed by atoms with van der Waals surface area (Å²) in [4.78, 5) is 15.6. The van der Waals surface area contributed by atoms with Gasteiger partial charge in [0.05, 0.1) is 0 Å². The molecule has 0 spiro atoms. The quantitative estimate of drug-likeness (QED) is 0.132. The van der Waals surface area contributed by atoms with Crippen molar-refractivity contribution in [2.24, 2.45) is 0 Å². The van der Waals surface area contributed by atoms with E-state index >= 15 is 0 Å². The number of furan rings is 1. The second-order valence-electron chi connectivity index (χ2n) is 17.6. The van der Waals surface area contributed by atoms with Gasteiger partial charge in [0.15, 0.2) is 17.5 Å². The molecule has 4 nitrogen and oxygen atoms in total. The minimum absolute atomic E-state index is 0.635. The van der Waals surface area contributed by atoms with E-state index in [9.17, 15) is 0 Å². The van der Waals surface area contributed by atoms with Crippen molar-refractivity contribution in [3.8, 4) is 45.3 Å². The van der Waals surface area contributed by atoms with Gasteiger partial charge in [0.2, 0.25) is 0 Å². The number of fused-ring (bicyclic) bond motifs is 9. The minimum Gasteiger partial charge on any atom is -0.456 e. The maximum absolute atomic E-state index is 6.67. The lowest BCUT2D eigenvalue weighted by Crippen LogP contribution is -2.55. The van der Waals surface area contributed by atoms with Crippen LogP contribution in [0.2, 0.25) is 0 Å². The average Bonchev–Trinajstić information content (AvgIpc) is 3.63. The summed E-state index contributed by atoms with van der Waals surface area (Å²) in [5, 5.41) is 10.2. The highest BCUT2D eigenvalue weighted by molar-refractivity contribution is 6.69. The molecule has 8 aromatic carbocycles. The van der Waals surface area contributed by atoms with E-state index in [0.717, 1.165) is 38.6 Å². The molecule has 0 N–H and O–H groups in total. The smallest absolute Gasteiger partial charge is 0.164 e. The molecule has 10 rings (SSSR count). The van der Waals surface area contributed by atoms with E-state index < -0.39 is 0 Å². The first-order valence-electron chi connectivity index (χ1n) is 21.5. The number of rotatable bonds is 4. The van der Waals surface area contributed by atoms with E-state index in [4.69, 9.17) is 19.4 Å². The van der Waals surface area contributed by atoms with Crippen LogP contribution in [0.1, 0.15) is 0 Å². The molecule has 0 unspecified atom stereocenters. The Balaban J connectivity index is 1.25. The summed E-state index contributed by atoms with van der Waals surface area (Å²) < 4.78 is 6.67. The van der Waals surface area contributed by atoms with Gasteiger partial charge in [-0.1, -0.05) is 116 Å². The third-order valence-electron chi connectivity index (χ3n) is 14.2. The lowest BCUT2D eigenvalue weighted by Gasteiger charge is -2.22. The van der Waals surface area contributed by atoms with Gasteiger partial charge in [0, 0.05) is 27.5 Å². The Labute approximate surface area is 367 Å². The summed E-state index contributed by atoms with van der Waals surface area (Å²) >= 11 is 0. The topological polar surface area (TPSA) is 51.8 Å². The van der Waals surface area contributed by atoms with Gasteiger partial charge < -0.3 is 4.42 Å². The van der Waals surface area contributed by atoms with Crippen molar-refractivity contribution in [2.75, 3.05) is 0 Å². The molecule has 10 aromatic rings. The number of hydrogen-bond acceptors (Lipinski definition) is 4. The molecule has 16 heteroatoms. The molecular formula is C45H39B12N3O. The van der Waals surface area contributed by atoms with E-state index in [1.807, 2.05) is 18.2 Å². The summed E-state index contributed by atoms with van der Waals surface area (Å²) in [6.07, 6.45) is 0. The fourth-order valence-corrected chi connectivity index (χ4v) is 10.3. The summed E-state index contributed by atoms with van der Waals surface area (Å²) in [5.74, 6) is 1.98. The number of nitrogens with zero attached hydrogens (tertiary/aromatic N) is 3. The van der Waals surface area contributed by atoms with Gasteiger partial charge in [0.25, 0.3) is 0 Å².